The van der Waals surface area contributed by atoms with E-state index in [-0.39, 0.29) is 6.42 Å². The smallest absolute Gasteiger partial charge is 0.326 e. The molecule has 0 bridgehead atoms. The van der Waals surface area contributed by atoms with Gasteiger partial charge in [-0.25, -0.2) is 9.78 Å². The quantitative estimate of drug-likeness (QED) is 0.820. The monoisotopic (exact) mass is 367 g/mol. The number of aliphatic carboxylic acids is 1. The van der Waals surface area contributed by atoms with Crippen molar-refractivity contribution < 1.29 is 14.7 Å². The van der Waals surface area contributed by atoms with Crippen molar-refractivity contribution >= 4 is 17.7 Å². The average Bonchev–Trinajstić information content (AvgIpc) is 2.69. The topological polar surface area (TPSA) is 82.5 Å². The Hall–Kier alpha value is -2.89. The minimum atomic E-state index is -1.06. The van der Waals surface area contributed by atoms with Crippen molar-refractivity contribution in [1.29, 1.82) is 0 Å². The Morgan fingerprint density at radius 2 is 1.89 bits per heavy atom. The van der Waals surface area contributed by atoms with Crippen LogP contribution in [0.5, 0.6) is 0 Å². The molecule has 0 unspecified atom stereocenters. The van der Waals surface area contributed by atoms with Crippen LogP contribution in [0.3, 0.4) is 0 Å². The highest BCUT2D eigenvalue weighted by Gasteiger charge is 2.22. The molecule has 1 fully saturated rings. The lowest BCUT2D eigenvalue weighted by Crippen LogP contribution is -2.42. The second-order valence-electron chi connectivity index (χ2n) is 7.13. The summed E-state index contributed by atoms with van der Waals surface area (Å²) in [7, 11) is 0. The third-order valence-electron chi connectivity index (χ3n) is 5.00. The number of nitrogens with one attached hydrogen (secondary N) is 1. The normalized spacial score (nSPS) is 16.0. The molecular weight excluding hydrogens is 342 g/mol. The van der Waals surface area contributed by atoms with Crippen LogP contribution in [-0.4, -0.2) is 41.1 Å². The number of carboxylic acid groups (broad SMARTS) is 1. The van der Waals surface area contributed by atoms with E-state index in [0.29, 0.717) is 5.56 Å². The Morgan fingerprint density at radius 3 is 2.48 bits per heavy atom. The summed E-state index contributed by atoms with van der Waals surface area (Å²) in [6.07, 6.45) is 4.04. The molecule has 2 heterocycles. The number of pyridine rings is 1. The Bertz CT molecular complexity index is 769. The van der Waals surface area contributed by atoms with E-state index in [2.05, 4.69) is 22.1 Å². The van der Waals surface area contributed by atoms with Crippen LogP contribution in [0.2, 0.25) is 0 Å². The van der Waals surface area contributed by atoms with Crippen molar-refractivity contribution in [2.75, 3.05) is 18.0 Å². The molecule has 0 aliphatic carbocycles. The van der Waals surface area contributed by atoms with Crippen LogP contribution in [0.15, 0.2) is 48.7 Å². The first-order valence-electron chi connectivity index (χ1n) is 9.31. The van der Waals surface area contributed by atoms with Crippen molar-refractivity contribution in [1.82, 2.24) is 10.3 Å². The van der Waals surface area contributed by atoms with E-state index in [1.807, 2.05) is 36.4 Å². The number of rotatable bonds is 6. The average molecular weight is 367 g/mol. The largest absolute Gasteiger partial charge is 0.480 e. The summed E-state index contributed by atoms with van der Waals surface area (Å²) in [4.78, 5) is 30.6. The number of hydrogen-bond acceptors (Lipinski definition) is 4. The van der Waals surface area contributed by atoms with Crippen molar-refractivity contribution in [3.63, 3.8) is 0 Å². The highest BCUT2D eigenvalue weighted by Crippen LogP contribution is 2.21. The number of carbonyl (C=O) groups excluding carboxylic acids is 1. The zero-order chi connectivity index (χ0) is 19.2. The number of nitrogens with zero attached hydrogens (tertiary/aromatic N) is 2. The second-order valence-corrected chi connectivity index (χ2v) is 7.13. The summed E-state index contributed by atoms with van der Waals surface area (Å²) in [5.74, 6) is 0.116. The van der Waals surface area contributed by atoms with E-state index in [0.717, 1.165) is 43.2 Å². The third-order valence-corrected chi connectivity index (χ3v) is 5.00. The van der Waals surface area contributed by atoms with Gasteiger partial charge in [-0.3, -0.25) is 4.79 Å². The molecule has 0 radical (unpaired) electrons. The fourth-order valence-corrected chi connectivity index (χ4v) is 3.24. The van der Waals surface area contributed by atoms with Gasteiger partial charge in [-0.2, -0.15) is 0 Å². The number of hydrogen-bond donors (Lipinski definition) is 2. The SMILES string of the molecule is CC1CCN(c2ccc(C(=O)N[C@@H](Cc3ccccc3)C(=O)O)cn2)CC1. The predicted molar refractivity (Wildman–Crippen MR) is 104 cm³/mol. The predicted octanol–water partition coefficient (Wildman–Crippen LogP) is 2.74. The zero-order valence-electron chi connectivity index (χ0n) is 15.5. The molecule has 3 rings (SSSR count). The van der Waals surface area contributed by atoms with E-state index in [1.54, 1.807) is 6.07 Å². The second kappa shape index (κ2) is 8.66. The first-order chi connectivity index (χ1) is 13.0. The lowest BCUT2D eigenvalue weighted by Gasteiger charge is -2.31. The number of carbonyl (C=O) groups is 2. The van der Waals surface area contributed by atoms with Gasteiger partial charge in [0, 0.05) is 25.7 Å². The van der Waals surface area contributed by atoms with Gasteiger partial charge < -0.3 is 15.3 Å². The van der Waals surface area contributed by atoms with E-state index in [4.69, 9.17) is 0 Å². The Balaban J connectivity index is 1.63. The van der Waals surface area contributed by atoms with Gasteiger partial charge in [-0.05, 0) is 36.5 Å². The number of amides is 1. The number of piperidine rings is 1. The lowest BCUT2D eigenvalue weighted by atomic mass is 9.99. The summed E-state index contributed by atoms with van der Waals surface area (Å²) < 4.78 is 0. The van der Waals surface area contributed by atoms with Gasteiger partial charge in [-0.1, -0.05) is 37.3 Å². The number of anilines is 1. The summed E-state index contributed by atoms with van der Waals surface area (Å²) in [6, 6.07) is 11.8. The number of aromatic nitrogens is 1. The molecule has 1 aromatic heterocycles. The van der Waals surface area contributed by atoms with Crippen molar-refractivity contribution in [3.05, 3.63) is 59.8 Å². The van der Waals surface area contributed by atoms with E-state index in [9.17, 15) is 14.7 Å². The Labute approximate surface area is 159 Å². The first-order valence-corrected chi connectivity index (χ1v) is 9.31. The fourth-order valence-electron chi connectivity index (χ4n) is 3.24. The van der Waals surface area contributed by atoms with E-state index in [1.165, 1.54) is 6.20 Å². The summed E-state index contributed by atoms with van der Waals surface area (Å²) in [6.45, 7) is 4.20. The van der Waals surface area contributed by atoms with Crippen molar-refractivity contribution in [2.45, 2.75) is 32.2 Å². The highest BCUT2D eigenvalue weighted by molar-refractivity contribution is 5.96. The van der Waals surface area contributed by atoms with Crippen LogP contribution in [0, 0.1) is 5.92 Å². The molecular formula is C21H25N3O3. The van der Waals surface area contributed by atoms with Crippen LogP contribution in [0.4, 0.5) is 5.82 Å². The maximum Gasteiger partial charge on any atom is 0.326 e. The Morgan fingerprint density at radius 1 is 1.19 bits per heavy atom. The van der Waals surface area contributed by atoms with Gasteiger partial charge in [0.05, 0.1) is 5.56 Å². The van der Waals surface area contributed by atoms with E-state index < -0.39 is 17.9 Å². The molecule has 6 nitrogen and oxygen atoms in total. The molecule has 0 saturated carbocycles. The lowest BCUT2D eigenvalue weighted by molar-refractivity contribution is -0.139. The molecule has 27 heavy (non-hydrogen) atoms. The molecule has 1 aromatic carbocycles. The number of carboxylic acids is 1. The molecule has 2 aromatic rings. The molecule has 2 N–H and O–H groups in total. The summed E-state index contributed by atoms with van der Waals surface area (Å²) in [5, 5.41) is 12.0. The maximum absolute atomic E-state index is 12.5. The minimum absolute atomic E-state index is 0.236. The van der Waals surface area contributed by atoms with Crippen LogP contribution < -0.4 is 10.2 Å². The summed E-state index contributed by atoms with van der Waals surface area (Å²) >= 11 is 0. The Kier molecular flexibility index (Phi) is 6.06. The summed E-state index contributed by atoms with van der Waals surface area (Å²) in [5.41, 5.74) is 1.22. The van der Waals surface area contributed by atoms with Crippen LogP contribution in [-0.2, 0) is 11.2 Å². The van der Waals surface area contributed by atoms with Crippen molar-refractivity contribution in [3.8, 4) is 0 Å². The molecule has 1 atom stereocenters. The fraction of sp³-hybridized carbons (Fsp3) is 0.381. The minimum Gasteiger partial charge on any atom is -0.480 e. The van der Waals surface area contributed by atoms with Gasteiger partial charge in [-0.15, -0.1) is 0 Å². The van der Waals surface area contributed by atoms with Crippen molar-refractivity contribution in [2.24, 2.45) is 5.92 Å². The zero-order valence-corrected chi connectivity index (χ0v) is 15.5. The number of benzene rings is 1. The van der Waals surface area contributed by atoms with Gasteiger partial charge in [0.15, 0.2) is 0 Å². The van der Waals surface area contributed by atoms with Crippen LogP contribution in [0.25, 0.3) is 0 Å². The highest BCUT2D eigenvalue weighted by atomic mass is 16.4. The standard InChI is InChI=1S/C21H25N3O3/c1-15-9-11-24(12-10-15)19-8-7-17(14-22-19)20(25)23-18(21(26)27)13-16-5-3-2-4-6-16/h2-8,14-15,18H,9-13H2,1H3,(H,23,25)(H,26,27)/t18-/m0/s1. The molecule has 1 aliphatic rings. The molecule has 1 aliphatic heterocycles. The third kappa shape index (κ3) is 5.06. The van der Waals surface area contributed by atoms with Gasteiger partial charge in [0.2, 0.25) is 0 Å². The van der Waals surface area contributed by atoms with Crippen LogP contribution >= 0.6 is 0 Å². The first kappa shape index (κ1) is 18.9. The molecule has 1 amide bonds. The molecule has 1 saturated heterocycles. The molecule has 0 spiro atoms. The van der Waals surface area contributed by atoms with Gasteiger partial charge >= 0.3 is 5.97 Å². The molecule has 142 valence electrons. The van der Waals surface area contributed by atoms with Gasteiger partial charge in [0.1, 0.15) is 11.9 Å². The van der Waals surface area contributed by atoms with E-state index >= 15 is 0 Å². The maximum atomic E-state index is 12.5. The molecule has 6 heteroatoms. The van der Waals surface area contributed by atoms with Gasteiger partial charge in [0.25, 0.3) is 5.91 Å². The van der Waals surface area contributed by atoms with Crippen LogP contribution in [0.1, 0.15) is 35.7 Å².